The molecule has 4 aromatic carbocycles. The van der Waals surface area contributed by atoms with E-state index in [1.807, 2.05) is 121 Å². The standard InChI is InChI=1S/C43H52N2O10/c1-29(46)45-36-40(51-26-32-19-11-5-12-20-32)39(34(23-44)53-42(36)48-2)55-43-37(47)41(52-27-33-21-13-6-14-22-33)38(50-25-31-17-9-4-10-18-31)35(54-43)28-49-24-30-15-7-3-8-16-30/h3-22,34-43,47H,23-28,44H2,1-2H3,(H,45,46)/t34-,35-,36-,37-,38+,39-,40-,41-,42-,43+/m1/s1. The number of nitrogens with one attached hydrogen (secondary N) is 1. The number of nitrogens with two attached hydrogens (primary N) is 1. The van der Waals surface area contributed by atoms with E-state index < -0.39 is 61.3 Å². The summed E-state index contributed by atoms with van der Waals surface area (Å²) in [4.78, 5) is 12.5. The zero-order chi connectivity index (χ0) is 38.4. The number of amides is 1. The smallest absolute Gasteiger partial charge is 0.217 e. The average molecular weight is 757 g/mol. The van der Waals surface area contributed by atoms with E-state index in [0.29, 0.717) is 6.61 Å². The third-order valence-electron chi connectivity index (χ3n) is 9.64. The summed E-state index contributed by atoms with van der Waals surface area (Å²) < 4.78 is 51.2. The van der Waals surface area contributed by atoms with E-state index in [-0.39, 0.29) is 38.9 Å². The molecule has 0 unspecified atom stereocenters. The van der Waals surface area contributed by atoms with Gasteiger partial charge < -0.3 is 54.1 Å². The Labute approximate surface area is 322 Å². The van der Waals surface area contributed by atoms with Crippen molar-refractivity contribution >= 4 is 5.91 Å². The molecule has 1 amide bonds. The minimum Gasteiger partial charge on any atom is -0.385 e. The van der Waals surface area contributed by atoms with Gasteiger partial charge in [-0.05, 0) is 22.3 Å². The predicted octanol–water partition coefficient (Wildman–Crippen LogP) is 4.27. The quantitative estimate of drug-likeness (QED) is 0.134. The van der Waals surface area contributed by atoms with E-state index in [2.05, 4.69) is 5.32 Å². The van der Waals surface area contributed by atoms with Crippen molar-refractivity contribution in [3.8, 4) is 0 Å². The van der Waals surface area contributed by atoms with Gasteiger partial charge in [-0.1, -0.05) is 121 Å². The highest BCUT2D eigenvalue weighted by atomic mass is 16.7. The van der Waals surface area contributed by atoms with Crippen LogP contribution >= 0.6 is 0 Å². The van der Waals surface area contributed by atoms with Crippen molar-refractivity contribution in [2.24, 2.45) is 5.73 Å². The third kappa shape index (κ3) is 11.3. The van der Waals surface area contributed by atoms with Crippen molar-refractivity contribution < 1.29 is 47.8 Å². The molecule has 4 aromatic rings. The topological polar surface area (TPSA) is 149 Å². The van der Waals surface area contributed by atoms with Crippen LogP contribution in [0.1, 0.15) is 29.2 Å². The van der Waals surface area contributed by atoms with Crippen molar-refractivity contribution in [2.75, 3.05) is 20.3 Å². The van der Waals surface area contributed by atoms with Gasteiger partial charge in [0.25, 0.3) is 0 Å². The number of ether oxygens (including phenoxy) is 8. The Morgan fingerprint density at radius 2 is 1.09 bits per heavy atom. The Morgan fingerprint density at radius 1 is 0.636 bits per heavy atom. The zero-order valence-corrected chi connectivity index (χ0v) is 31.3. The molecule has 0 radical (unpaired) electrons. The van der Waals surface area contributed by atoms with Crippen LogP contribution in [0.5, 0.6) is 0 Å². The number of methoxy groups -OCH3 is 1. The SMILES string of the molecule is CO[C@@H]1O[C@H](CN)[C@@H](O[C@@H]2O[C@H](COCc3ccccc3)[C@H](OCc3ccccc3)[C@H](OCc3ccccc3)[C@H]2O)[C@H](OCc2ccccc2)[C@H]1NC(C)=O. The van der Waals surface area contributed by atoms with Crippen LogP contribution in [-0.4, -0.2) is 92.6 Å². The van der Waals surface area contributed by atoms with Gasteiger partial charge in [0.1, 0.15) is 48.8 Å². The Bertz CT molecular complexity index is 1690. The molecule has 55 heavy (non-hydrogen) atoms. The molecule has 0 aliphatic carbocycles. The molecule has 0 saturated carbocycles. The second kappa shape index (κ2) is 20.7. The summed E-state index contributed by atoms with van der Waals surface area (Å²) in [6.45, 7) is 2.48. The molecule has 0 spiro atoms. The third-order valence-corrected chi connectivity index (χ3v) is 9.64. The molecule has 2 aliphatic rings. The predicted molar refractivity (Wildman–Crippen MR) is 203 cm³/mol. The lowest BCUT2D eigenvalue weighted by molar-refractivity contribution is -0.356. The van der Waals surface area contributed by atoms with Crippen LogP contribution in [0.4, 0.5) is 0 Å². The molecule has 0 bridgehead atoms. The van der Waals surface area contributed by atoms with Gasteiger partial charge in [0, 0.05) is 20.6 Å². The molecular formula is C43H52N2O10. The monoisotopic (exact) mass is 756 g/mol. The van der Waals surface area contributed by atoms with Crippen molar-refractivity contribution in [3.63, 3.8) is 0 Å². The van der Waals surface area contributed by atoms with Crippen molar-refractivity contribution in [1.82, 2.24) is 5.32 Å². The van der Waals surface area contributed by atoms with Gasteiger partial charge in [0.2, 0.25) is 5.91 Å². The van der Waals surface area contributed by atoms with Crippen LogP contribution in [-0.2, 0) is 69.1 Å². The first-order chi connectivity index (χ1) is 26.9. The molecule has 2 saturated heterocycles. The van der Waals surface area contributed by atoms with Gasteiger partial charge in [-0.2, -0.15) is 0 Å². The normalized spacial score (nSPS) is 28.1. The van der Waals surface area contributed by atoms with Gasteiger partial charge in [0.15, 0.2) is 12.6 Å². The molecular weight excluding hydrogens is 704 g/mol. The van der Waals surface area contributed by atoms with Crippen LogP contribution in [0, 0.1) is 0 Å². The lowest BCUT2D eigenvalue weighted by Crippen LogP contribution is -2.68. The van der Waals surface area contributed by atoms with E-state index >= 15 is 0 Å². The first-order valence-corrected chi connectivity index (χ1v) is 18.7. The molecule has 12 heteroatoms. The van der Waals surface area contributed by atoms with Crippen LogP contribution < -0.4 is 11.1 Å². The molecule has 294 valence electrons. The van der Waals surface area contributed by atoms with E-state index in [9.17, 15) is 9.90 Å². The average Bonchev–Trinajstić information content (AvgIpc) is 3.22. The highest BCUT2D eigenvalue weighted by Crippen LogP contribution is 2.34. The van der Waals surface area contributed by atoms with Crippen LogP contribution in [0.3, 0.4) is 0 Å². The Hall–Kier alpha value is -4.05. The maximum absolute atomic E-state index is 12.5. The summed E-state index contributed by atoms with van der Waals surface area (Å²) in [5.74, 6) is -0.314. The number of aliphatic hydroxyl groups excluding tert-OH is 1. The van der Waals surface area contributed by atoms with Crippen molar-refractivity contribution in [2.45, 2.75) is 94.7 Å². The van der Waals surface area contributed by atoms with Gasteiger partial charge in [0.05, 0.1) is 33.0 Å². The zero-order valence-electron chi connectivity index (χ0n) is 31.3. The van der Waals surface area contributed by atoms with Gasteiger partial charge >= 0.3 is 0 Å². The lowest BCUT2D eigenvalue weighted by Gasteiger charge is -2.49. The first kappa shape index (κ1) is 40.6. The van der Waals surface area contributed by atoms with Gasteiger partial charge in [-0.25, -0.2) is 0 Å². The molecule has 4 N–H and O–H groups in total. The van der Waals surface area contributed by atoms with E-state index in [4.69, 9.17) is 43.6 Å². The van der Waals surface area contributed by atoms with E-state index in [0.717, 1.165) is 22.3 Å². The Kier molecular flexibility index (Phi) is 15.3. The highest BCUT2D eigenvalue weighted by Gasteiger charge is 2.53. The maximum Gasteiger partial charge on any atom is 0.217 e. The maximum atomic E-state index is 12.5. The Morgan fingerprint density at radius 3 is 1.56 bits per heavy atom. The highest BCUT2D eigenvalue weighted by molar-refractivity contribution is 5.73. The molecule has 0 aromatic heterocycles. The Balaban J connectivity index is 1.31. The summed E-state index contributed by atoms with van der Waals surface area (Å²) in [5, 5.41) is 15.1. The molecule has 6 rings (SSSR count). The molecule has 10 atom stereocenters. The van der Waals surface area contributed by atoms with E-state index in [1.54, 1.807) is 0 Å². The first-order valence-electron chi connectivity index (χ1n) is 18.7. The second-order valence-electron chi connectivity index (χ2n) is 13.7. The second-order valence-corrected chi connectivity index (χ2v) is 13.7. The van der Waals surface area contributed by atoms with Gasteiger partial charge in [-0.15, -0.1) is 0 Å². The van der Waals surface area contributed by atoms with E-state index in [1.165, 1.54) is 14.0 Å². The van der Waals surface area contributed by atoms with Crippen molar-refractivity contribution in [3.05, 3.63) is 144 Å². The van der Waals surface area contributed by atoms with Crippen LogP contribution in [0.2, 0.25) is 0 Å². The number of carbonyl (C=O) groups excluding carboxylic acids is 1. The summed E-state index contributed by atoms with van der Waals surface area (Å²) in [5.41, 5.74) is 10.1. The fraction of sp³-hybridized carbons (Fsp3) is 0.419. The van der Waals surface area contributed by atoms with Crippen molar-refractivity contribution in [1.29, 1.82) is 0 Å². The van der Waals surface area contributed by atoms with Crippen LogP contribution in [0.25, 0.3) is 0 Å². The number of carbonyl (C=O) groups is 1. The fourth-order valence-corrected chi connectivity index (χ4v) is 6.90. The number of hydrogen-bond acceptors (Lipinski definition) is 11. The fourth-order valence-electron chi connectivity index (χ4n) is 6.90. The largest absolute Gasteiger partial charge is 0.385 e. The summed E-state index contributed by atoms with van der Waals surface area (Å²) >= 11 is 0. The molecule has 2 fully saturated rings. The molecule has 2 aliphatic heterocycles. The van der Waals surface area contributed by atoms with Gasteiger partial charge in [-0.3, -0.25) is 4.79 Å². The summed E-state index contributed by atoms with van der Waals surface area (Å²) in [7, 11) is 1.49. The molecule has 2 heterocycles. The number of hydrogen-bond donors (Lipinski definition) is 3. The summed E-state index contributed by atoms with van der Waals surface area (Å²) in [6, 6.07) is 38.1. The lowest BCUT2D eigenvalue weighted by atomic mass is 9.94. The molecule has 12 nitrogen and oxygen atoms in total. The number of aliphatic hydroxyl groups is 1. The van der Waals surface area contributed by atoms with Crippen LogP contribution in [0.15, 0.2) is 121 Å². The number of benzene rings is 4. The summed E-state index contributed by atoms with van der Waals surface area (Å²) in [6.07, 6.45) is -8.48. The number of rotatable bonds is 18. The minimum atomic E-state index is -1.34. The minimum absolute atomic E-state index is 0.0195.